The van der Waals surface area contributed by atoms with E-state index in [1.165, 1.54) is 36.4 Å². The highest BCUT2D eigenvalue weighted by Crippen LogP contribution is 2.38. The zero-order chi connectivity index (χ0) is 13.9. The van der Waals surface area contributed by atoms with Crippen LogP contribution in [0.1, 0.15) is 11.6 Å². The molecule has 2 aromatic rings. The quantitative estimate of drug-likeness (QED) is 0.843. The van der Waals surface area contributed by atoms with Crippen LogP contribution in [0.25, 0.3) is 0 Å². The summed E-state index contributed by atoms with van der Waals surface area (Å²) in [7, 11) is 0. The minimum Gasteiger partial charge on any atom is -0.287 e. The van der Waals surface area contributed by atoms with Gasteiger partial charge in [0.15, 0.2) is 6.04 Å². The summed E-state index contributed by atoms with van der Waals surface area (Å²) in [4.78, 5) is 0. The van der Waals surface area contributed by atoms with E-state index in [0.29, 0.717) is 0 Å². The molecule has 1 atom stereocenters. The molecule has 0 aromatic heterocycles. The summed E-state index contributed by atoms with van der Waals surface area (Å²) in [6, 6.07) is 12.9. The first-order valence-electron chi connectivity index (χ1n) is 5.65. The maximum Gasteiger partial charge on any atom is 0.415 e. The molecule has 0 heterocycles. The summed E-state index contributed by atoms with van der Waals surface area (Å²) in [5.41, 5.74) is 0.0787. The van der Waals surface area contributed by atoms with Gasteiger partial charge in [-0.15, -0.1) is 0 Å². The van der Waals surface area contributed by atoms with Crippen LogP contribution in [0.3, 0.4) is 0 Å². The molecule has 2 aromatic carbocycles. The minimum atomic E-state index is -4.58. The van der Waals surface area contributed by atoms with E-state index in [9.17, 15) is 18.4 Å². The standard InChI is InChI=1S/C14H12F3NO/c15-14(16,17)13(11-7-3-1-4-8-11)18(19)12-9-5-2-6-10-12/h1-10,13,19H. The van der Waals surface area contributed by atoms with Crippen molar-refractivity contribution in [3.63, 3.8) is 0 Å². The maximum atomic E-state index is 13.1. The minimum absolute atomic E-state index is 0.0126. The Balaban J connectivity index is 2.40. The molecule has 1 unspecified atom stereocenters. The molecule has 0 radical (unpaired) electrons. The first kappa shape index (κ1) is 13.4. The smallest absolute Gasteiger partial charge is 0.287 e. The number of nitrogens with zero attached hydrogens (tertiary/aromatic N) is 1. The van der Waals surface area contributed by atoms with Crippen molar-refractivity contribution in [1.29, 1.82) is 0 Å². The number of anilines is 1. The van der Waals surface area contributed by atoms with Crippen molar-refractivity contribution in [3.8, 4) is 0 Å². The van der Waals surface area contributed by atoms with Crippen LogP contribution in [0.2, 0.25) is 0 Å². The molecule has 0 aliphatic heterocycles. The van der Waals surface area contributed by atoms with E-state index in [1.807, 2.05) is 0 Å². The lowest BCUT2D eigenvalue weighted by molar-refractivity contribution is -0.163. The van der Waals surface area contributed by atoms with Crippen molar-refractivity contribution in [1.82, 2.24) is 0 Å². The second-order valence-electron chi connectivity index (χ2n) is 4.03. The van der Waals surface area contributed by atoms with Gasteiger partial charge in [-0.2, -0.15) is 13.2 Å². The summed E-state index contributed by atoms with van der Waals surface area (Å²) < 4.78 is 39.4. The Hall–Kier alpha value is -2.01. The van der Waals surface area contributed by atoms with Crippen molar-refractivity contribution in [2.75, 3.05) is 5.06 Å². The summed E-state index contributed by atoms with van der Waals surface area (Å²) >= 11 is 0. The molecule has 0 spiro atoms. The predicted octanol–water partition coefficient (Wildman–Crippen LogP) is 4.19. The Morgan fingerprint density at radius 3 is 1.79 bits per heavy atom. The second-order valence-corrected chi connectivity index (χ2v) is 4.03. The topological polar surface area (TPSA) is 23.5 Å². The van der Waals surface area contributed by atoms with E-state index >= 15 is 0 Å². The lowest BCUT2D eigenvalue weighted by Crippen LogP contribution is -2.36. The average Bonchev–Trinajstić information content (AvgIpc) is 2.39. The Morgan fingerprint density at radius 2 is 1.32 bits per heavy atom. The molecule has 2 rings (SSSR count). The largest absolute Gasteiger partial charge is 0.415 e. The van der Waals surface area contributed by atoms with Gasteiger partial charge >= 0.3 is 6.18 Å². The average molecular weight is 267 g/mol. The normalized spacial score (nSPS) is 13.1. The van der Waals surface area contributed by atoms with Crippen LogP contribution in [0.4, 0.5) is 18.9 Å². The second kappa shape index (κ2) is 5.32. The van der Waals surface area contributed by atoms with Gasteiger partial charge in [-0.3, -0.25) is 5.21 Å². The van der Waals surface area contributed by atoms with Crippen molar-refractivity contribution in [2.45, 2.75) is 12.2 Å². The zero-order valence-corrected chi connectivity index (χ0v) is 9.88. The van der Waals surface area contributed by atoms with E-state index in [-0.39, 0.29) is 16.3 Å². The Bertz CT molecular complexity index is 513. The molecule has 0 fully saturated rings. The third-order valence-corrected chi connectivity index (χ3v) is 2.69. The van der Waals surface area contributed by atoms with Gasteiger partial charge in [0.25, 0.3) is 0 Å². The fourth-order valence-corrected chi connectivity index (χ4v) is 1.83. The van der Waals surface area contributed by atoms with Crippen LogP contribution >= 0.6 is 0 Å². The molecule has 0 amide bonds. The van der Waals surface area contributed by atoms with Gasteiger partial charge < -0.3 is 0 Å². The van der Waals surface area contributed by atoms with Gasteiger partial charge in [-0.1, -0.05) is 48.5 Å². The Morgan fingerprint density at radius 1 is 0.842 bits per heavy atom. The molecule has 0 aliphatic rings. The molecule has 0 saturated carbocycles. The highest BCUT2D eigenvalue weighted by Gasteiger charge is 2.45. The molecule has 100 valence electrons. The molecule has 0 aliphatic carbocycles. The van der Waals surface area contributed by atoms with Crippen molar-refractivity contribution in [2.24, 2.45) is 0 Å². The summed E-state index contributed by atoms with van der Waals surface area (Å²) in [5, 5.41) is 10.1. The number of halogens is 3. The molecule has 19 heavy (non-hydrogen) atoms. The van der Waals surface area contributed by atoms with E-state index in [4.69, 9.17) is 0 Å². The van der Waals surface area contributed by atoms with Gasteiger partial charge in [0, 0.05) is 0 Å². The van der Waals surface area contributed by atoms with Crippen LogP contribution in [0.15, 0.2) is 60.7 Å². The number of hydrogen-bond donors (Lipinski definition) is 1. The lowest BCUT2D eigenvalue weighted by atomic mass is 10.1. The first-order valence-corrected chi connectivity index (χ1v) is 5.65. The maximum absolute atomic E-state index is 13.1. The van der Waals surface area contributed by atoms with E-state index < -0.39 is 12.2 Å². The molecule has 5 heteroatoms. The number of alkyl halides is 3. The number of para-hydroxylation sites is 1. The highest BCUT2D eigenvalue weighted by molar-refractivity contribution is 5.46. The van der Waals surface area contributed by atoms with Crippen molar-refractivity contribution >= 4 is 5.69 Å². The lowest BCUT2D eigenvalue weighted by Gasteiger charge is -2.29. The van der Waals surface area contributed by atoms with Gasteiger partial charge in [0.2, 0.25) is 0 Å². The third kappa shape index (κ3) is 3.06. The van der Waals surface area contributed by atoms with Crippen molar-refractivity contribution in [3.05, 3.63) is 66.2 Å². The van der Waals surface area contributed by atoms with Crippen LogP contribution in [0, 0.1) is 0 Å². The SMILES string of the molecule is ON(c1ccccc1)C(c1ccccc1)C(F)(F)F. The van der Waals surface area contributed by atoms with Crippen LogP contribution in [-0.4, -0.2) is 11.4 Å². The molecule has 0 bridgehead atoms. The number of hydrogen-bond acceptors (Lipinski definition) is 2. The van der Waals surface area contributed by atoms with Crippen LogP contribution in [-0.2, 0) is 0 Å². The molecule has 1 N–H and O–H groups in total. The van der Waals surface area contributed by atoms with E-state index in [0.717, 1.165) is 0 Å². The molecule has 2 nitrogen and oxygen atoms in total. The Kier molecular flexibility index (Phi) is 3.76. The van der Waals surface area contributed by atoms with Gasteiger partial charge in [0.05, 0.1) is 5.69 Å². The van der Waals surface area contributed by atoms with E-state index in [1.54, 1.807) is 24.3 Å². The zero-order valence-electron chi connectivity index (χ0n) is 9.88. The van der Waals surface area contributed by atoms with Crippen LogP contribution in [0.5, 0.6) is 0 Å². The number of hydroxylamine groups is 1. The van der Waals surface area contributed by atoms with Crippen LogP contribution < -0.4 is 5.06 Å². The van der Waals surface area contributed by atoms with E-state index in [2.05, 4.69) is 0 Å². The summed E-state index contributed by atoms with van der Waals surface area (Å²) in [5.74, 6) is 0. The van der Waals surface area contributed by atoms with Gasteiger partial charge in [-0.05, 0) is 17.7 Å². The van der Waals surface area contributed by atoms with Gasteiger partial charge in [-0.25, -0.2) is 5.06 Å². The predicted molar refractivity (Wildman–Crippen MR) is 65.9 cm³/mol. The fourth-order valence-electron chi connectivity index (χ4n) is 1.83. The monoisotopic (exact) mass is 267 g/mol. The first-order chi connectivity index (χ1) is 9.00. The third-order valence-electron chi connectivity index (χ3n) is 2.69. The fraction of sp³-hybridized carbons (Fsp3) is 0.143. The summed E-state index contributed by atoms with van der Waals surface area (Å²) in [6.45, 7) is 0. The molecular formula is C14H12F3NO. The number of rotatable bonds is 3. The Labute approximate surface area is 108 Å². The number of benzene rings is 2. The summed E-state index contributed by atoms with van der Waals surface area (Å²) in [6.07, 6.45) is -4.58. The molecular weight excluding hydrogens is 255 g/mol. The highest BCUT2D eigenvalue weighted by atomic mass is 19.4. The molecule has 0 saturated heterocycles. The van der Waals surface area contributed by atoms with Crippen molar-refractivity contribution < 1.29 is 18.4 Å². The van der Waals surface area contributed by atoms with Gasteiger partial charge in [0.1, 0.15) is 0 Å².